The van der Waals surface area contributed by atoms with E-state index in [1.807, 2.05) is 25.1 Å². The summed E-state index contributed by atoms with van der Waals surface area (Å²) in [4.78, 5) is 14.7. The van der Waals surface area contributed by atoms with Crippen molar-refractivity contribution in [1.29, 1.82) is 0 Å². The number of benzene rings is 1. The molecule has 2 heterocycles. The SMILES string of the molecule is CN(C)[C@H](CNC(=O)c1cccc(S(=O)(=O)N2CCCC2)c1)c1ccco1. The van der Waals surface area contributed by atoms with Crippen LogP contribution in [0.25, 0.3) is 0 Å². The van der Waals surface area contributed by atoms with Gasteiger partial charge in [-0.25, -0.2) is 8.42 Å². The van der Waals surface area contributed by atoms with Crippen LogP contribution in [0.5, 0.6) is 0 Å². The van der Waals surface area contributed by atoms with E-state index in [9.17, 15) is 13.2 Å². The second-order valence-electron chi connectivity index (χ2n) is 6.84. The molecule has 7 nitrogen and oxygen atoms in total. The van der Waals surface area contributed by atoms with Gasteiger partial charge in [0.15, 0.2) is 0 Å². The first kappa shape index (κ1) is 19.6. The highest BCUT2D eigenvalue weighted by atomic mass is 32.2. The highest BCUT2D eigenvalue weighted by molar-refractivity contribution is 7.89. The number of rotatable bonds is 7. The molecule has 1 aliphatic heterocycles. The van der Waals surface area contributed by atoms with Crippen LogP contribution in [0.4, 0.5) is 0 Å². The molecule has 0 bridgehead atoms. The Hall–Kier alpha value is -2.16. The van der Waals surface area contributed by atoms with Gasteiger partial charge in [0.1, 0.15) is 5.76 Å². The minimum absolute atomic E-state index is 0.111. The van der Waals surface area contributed by atoms with Gasteiger partial charge in [-0.05, 0) is 57.3 Å². The first-order valence-corrected chi connectivity index (χ1v) is 10.4. The van der Waals surface area contributed by atoms with E-state index in [1.54, 1.807) is 24.5 Å². The maximum Gasteiger partial charge on any atom is 0.251 e. The van der Waals surface area contributed by atoms with E-state index in [0.29, 0.717) is 25.2 Å². The summed E-state index contributed by atoms with van der Waals surface area (Å²) >= 11 is 0. The van der Waals surface area contributed by atoms with Crippen molar-refractivity contribution in [1.82, 2.24) is 14.5 Å². The standard InChI is InChI=1S/C19H25N3O4S/c1-21(2)17(18-9-6-12-26-18)14-20-19(23)15-7-5-8-16(13-15)27(24,25)22-10-3-4-11-22/h5-9,12-13,17H,3-4,10-11,14H2,1-2H3,(H,20,23)/t17-/m1/s1. The second kappa shape index (κ2) is 8.24. The third-order valence-electron chi connectivity index (χ3n) is 4.75. The number of carbonyl (C=O) groups excluding carboxylic acids is 1. The lowest BCUT2D eigenvalue weighted by Gasteiger charge is -2.22. The lowest BCUT2D eigenvalue weighted by molar-refractivity contribution is 0.0939. The zero-order valence-corrected chi connectivity index (χ0v) is 16.4. The van der Waals surface area contributed by atoms with Gasteiger partial charge in [-0.1, -0.05) is 6.07 Å². The molecule has 0 aliphatic carbocycles. The van der Waals surface area contributed by atoms with E-state index < -0.39 is 10.0 Å². The fourth-order valence-corrected chi connectivity index (χ4v) is 4.75. The fraction of sp³-hybridized carbons (Fsp3) is 0.421. The van der Waals surface area contributed by atoms with Crippen LogP contribution < -0.4 is 5.32 Å². The lowest BCUT2D eigenvalue weighted by atomic mass is 10.2. The maximum absolute atomic E-state index is 12.7. The van der Waals surface area contributed by atoms with Gasteiger partial charge in [0.05, 0.1) is 17.2 Å². The van der Waals surface area contributed by atoms with Crippen LogP contribution in [0.15, 0.2) is 52.0 Å². The zero-order valence-electron chi connectivity index (χ0n) is 15.6. The Bertz CT molecular complexity index is 872. The Morgan fingerprint density at radius 1 is 1.22 bits per heavy atom. The number of furan rings is 1. The monoisotopic (exact) mass is 391 g/mol. The summed E-state index contributed by atoms with van der Waals surface area (Å²) in [5.74, 6) is 0.442. The van der Waals surface area contributed by atoms with Crippen LogP contribution >= 0.6 is 0 Å². The second-order valence-corrected chi connectivity index (χ2v) is 8.78. The van der Waals surface area contributed by atoms with E-state index in [0.717, 1.165) is 18.6 Å². The average Bonchev–Trinajstić information content (AvgIpc) is 3.36. The Balaban J connectivity index is 1.72. The van der Waals surface area contributed by atoms with E-state index in [-0.39, 0.29) is 16.8 Å². The zero-order chi connectivity index (χ0) is 19.4. The number of carbonyl (C=O) groups is 1. The molecule has 0 unspecified atom stereocenters. The summed E-state index contributed by atoms with van der Waals surface area (Å²) in [5.41, 5.74) is 0.326. The number of sulfonamides is 1. The Morgan fingerprint density at radius 2 is 1.96 bits per heavy atom. The molecule has 1 fully saturated rings. The van der Waals surface area contributed by atoms with Crippen LogP contribution in [-0.2, 0) is 10.0 Å². The topological polar surface area (TPSA) is 82.9 Å². The van der Waals surface area contributed by atoms with E-state index in [4.69, 9.17) is 4.42 Å². The molecule has 1 saturated heterocycles. The van der Waals surface area contributed by atoms with Crippen molar-refractivity contribution in [3.63, 3.8) is 0 Å². The van der Waals surface area contributed by atoms with Crippen LogP contribution in [0.2, 0.25) is 0 Å². The molecule has 2 aromatic rings. The van der Waals surface area contributed by atoms with E-state index >= 15 is 0 Å². The number of nitrogens with zero attached hydrogens (tertiary/aromatic N) is 2. The summed E-state index contributed by atoms with van der Waals surface area (Å²) < 4.78 is 32.3. The van der Waals surface area contributed by atoms with Gasteiger partial charge < -0.3 is 9.73 Å². The van der Waals surface area contributed by atoms with Crippen molar-refractivity contribution < 1.29 is 17.6 Å². The van der Waals surface area contributed by atoms with Crippen LogP contribution in [-0.4, -0.2) is 57.3 Å². The summed E-state index contributed by atoms with van der Waals surface area (Å²) in [6.07, 6.45) is 3.34. The molecule has 1 atom stereocenters. The Morgan fingerprint density at radius 3 is 2.59 bits per heavy atom. The molecule has 8 heteroatoms. The van der Waals surface area contributed by atoms with Gasteiger partial charge in [0, 0.05) is 25.2 Å². The minimum Gasteiger partial charge on any atom is -0.468 e. The van der Waals surface area contributed by atoms with Gasteiger partial charge >= 0.3 is 0 Å². The molecule has 0 radical (unpaired) electrons. The quantitative estimate of drug-likeness (QED) is 0.782. The number of likely N-dealkylation sites (N-methyl/N-ethyl adjacent to an activating group) is 1. The predicted octanol–water partition coefficient (Wildman–Crippen LogP) is 2.10. The van der Waals surface area contributed by atoms with Gasteiger partial charge in [-0.15, -0.1) is 0 Å². The molecule has 1 aromatic carbocycles. The smallest absolute Gasteiger partial charge is 0.251 e. The molecule has 1 amide bonds. The van der Waals surface area contributed by atoms with Crippen molar-refractivity contribution in [2.45, 2.75) is 23.8 Å². The third kappa shape index (κ3) is 4.40. The third-order valence-corrected chi connectivity index (χ3v) is 6.64. The number of nitrogens with one attached hydrogen (secondary N) is 1. The largest absolute Gasteiger partial charge is 0.468 e. The Kier molecular flexibility index (Phi) is 5.98. The molecule has 27 heavy (non-hydrogen) atoms. The molecule has 0 saturated carbocycles. The first-order chi connectivity index (χ1) is 12.9. The normalized spacial score (nSPS) is 16.6. The minimum atomic E-state index is -3.54. The predicted molar refractivity (Wildman–Crippen MR) is 102 cm³/mol. The molecular weight excluding hydrogens is 366 g/mol. The summed E-state index contributed by atoms with van der Waals surface area (Å²) in [6.45, 7) is 1.42. The van der Waals surface area contributed by atoms with Crippen molar-refractivity contribution in [2.24, 2.45) is 0 Å². The highest BCUT2D eigenvalue weighted by Crippen LogP contribution is 2.22. The van der Waals surface area contributed by atoms with Gasteiger partial charge in [0.25, 0.3) is 5.91 Å². The maximum atomic E-state index is 12.7. The van der Waals surface area contributed by atoms with E-state index in [2.05, 4.69) is 5.32 Å². The van der Waals surface area contributed by atoms with Crippen LogP contribution in [0.3, 0.4) is 0 Å². The molecule has 146 valence electrons. The summed E-state index contributed by atoms with van der Waals surface area (Å²) in [6, 6.07) is 9.76. The lowest BCUT2D eigenvalue weighted by Crippen LogP contribution is -2.34. The summed E-state index contributed by atoms with van der Waals surface area (Å²) in [5, 5.41) is 2.87. The highest BCUT2D eigenvalue weighted by Gasteiger charge is 2.27. The summed E-state index contributed by atoms with van der Waals surface area (Å²) in [7, 11) is 0.266. The number of amides is 1. The van der Waals surface area contributed by atoms with Gasteiger partial charge in [-0.2, -0.15) is 4.31 Å². The average molecular weight is 391 g/mol. The van der Waals surface area contributed by atoms with Gasteiger partial charge in [-0.3, -0.25) is 9.69 Å². The van der Waals surface area contributed by atoms with Crippen molar-refractivity contribution in [2.75, 3.05) is 33.7 Å². The number of hydrogen-bond donors (Lipinski definition) is 1. The van der Waals surface area contributed by atoms with E-state index in [1.165, 1.54) is 16.4 Å². The molecule has 3 rings (SSSR count). The molecular formula is C19H25N3O4S. The van der Waals surface area contributed by atoms with Crippen molar-refractivity contribution in [3.8, 4) is 0 Å². The van der Waals surface area contributed by atoms with Crippen molar-refractivity contribution in [3.05, 3.63) is 54.0 Å². The first-order valence-electron chi connectivity index (χ1n) is 8.98. The molecule has 1 aliphatic rings. The molecule has 1 aromatic heterocycles. The van der Waals surface area contributed by atoms with Crippen LogP contribution in [0.1, 0.15) is 35.0 Å². The number of hydrogen-bond acceptors (Lipinski definition) is 5. The van der Waals surface area contributed by atoms with Crippen molar-refractivity contribution >= 4 is 15.9 Å². The molecule has 0 spiro atoms. The van der Waals surface area contributed by atoms with Crippen LogP contribution in [0, 0.1) is 0 Å². The Labute approximate surface area is 160 Å². The van der Waals surface area contributed by atoms with Gasteiger partial charge in [0.2, 0.25) is 10.0 Å². The molecule has 1 N–H and O–H groups in total. The fourth-order valence-electron chi connectivity index (χ4n) is 3.19.